The number of hydrogen-bond donors (Lipinski definition) is 4. The first-order chi connectivity index (χ1) is 11.6. The number of rotatable bonds is 9. The van der Waals surface area contributed by atoms with E-state index in [0.29, 0.717) is 26.0 Å². The zero-order valence-corrected chi connectivity index (χ0v) is 15.0. The molecule has 4 atom stereocenters. The van der Waals surface area contributed by atoms with E-state index in [2.05, 4.69) is 12.2 Å². The summed E-state index contributed by atoms with van der Waals surface area (Å²) in [5.41, 5.74) is 0. The predicted octanol–water partition coefficient (Wildman–Crippen LogP) is 1.31. The van der Waals surface area contributed by atoms with Crippen molar-refractivity contribution >= 4 is 0 Å². The highest BCUT2D eigenvalue weighted by atomic mass is 16.6. The van der Waals surface area contributed by atoms with Crippen LogP contribution in [0.15, 0.2) is 0 Å². The Morgan fingerprint density at radius 2 is 1.88 bits per heavy atom. The highest BCUT2D eigenvalue weighted by Crippen LogP contribution is 2.33. The second kappa shape index (κ2) is 10.0. The first-order valence-corrected chi connectivity index (χ1v) is 9.64. The lowest BCUT2D eigenvalue weighted by atomic mass is 9.91. The van der Waals surface area contributed by atoms with Crippen molar-refractivity contribution in [1.82, 2.24) is 5.32 Å². The molecule has 1 heterocycles. The van der Waals surface area contributed by atoms with Gasteiger partial charge in [-0.05, 0) is 19.3 Å². The number of ether oxygens (including phenoxy) is 2. The standard InChI is InChI=1S/C18H35NO5/c1-2-3-4-8-11-23-15-12-19-14(13-20)16(21)17(15)24-18(22)9-6-5-7-10-18/h14-17,19-22H,2-13H2,1H3/t14?,15-,16+,17+/m0/s1. The van der Waals surface area contributed by atoms with Gasteiger partial charge in [0.2, 0.25) is 0 Å². The fraction of sp³-hybridized carbons (Fsp3) is 1.00. The van der Waals surface area contributed by atoms with Crippen LogP contribution in [-0.4, -0.2) is 65.2 Å². The Balaban J connectivity index is 1.93. The van der Waals surface area contributed by atoms with E-state index in [9.17, 15) is 15.3 Å². The first-order valence-electron chi connectivity index (χ1n) is 9.64. The maximum Gasteiger partial charge on any atom is 0.166 e. The molecule has 0 aromatic heterocycles. The van der Waals surface area contributed by atoms with Crippen LogP contribution in [0, 0.1) is 0 Å². The van der Waals surface area contributed by atoms with E-state index in [4.69, 9.17) is 9.47 Å². The Morgan fingerprint density at radius 1 is 1.12 bits per heavy atom. The third-order valence-corrected chi connectivity index (χ3v) is 5.21. The number of aliphatic hydroxyl groups is 3. The van der Waals surface area contributed by atoms with Gasteiger partial charge in [-0.1, -0.05) is 32.6 Å². The van der Waals surface area contributed by atoms with Gasteiger partial charge in [0.1, 0.15) is 12.2 Å². The lowest BCUT2D eigenvalue weighted by Gasteiger charge is -2.44. The van der Waals surface area contributed by atoms with Gasteiger partial charge in [0, 0.05) is 26.0 Å². The Morgan fingerprint density at radius 3 is 2.54 bits per heavy atom. The second-order valence-corrected chi connectivity index (χ2v) is 7.25. The average molecular weight is 345 g/mol. The molecule has 1 saturated carbocycles. The van der Waals surface area contributed by atoms with Crippen molar-refractivity contribution in [2.24, 2.45) is 0 Å². The van der Waals surface area contributed by atoms with E-state index in [0.717, 1.165) is 32.1 Å². The minimum Gasteiger partial charge on any atom is -0.395 e. The van der Waals surface area contributed by atoms with Crippen LogP contribution < -0.4 is 5.32 Å². The number of hydrogen-bond acceptors (Lipinski definition) is 6. The zero-order chi connectivity index (χ0) is 17.4. The number of piperidine rings is 1. The molecule has 1 aliphatic carbocycles. The monoisotopic (exact) mass is 345 g/mol. The first kappa shape index (κ1) is 20.1. The molecule has 6 heteroatoms. The molecule has 2 aliphatic rings. The van der Waals surface area contributed by atoms with E-state index >= 15 is 0 Å². The van der Waals surface area contributed by atoms with Crippen molar-refractivity contribution in [3.63, 3.8) is 0 Å². The van der Waals surface area contributed by atoms with Crippen LogP contribution in [0.3, 0.4) is 0 Å². The van der Waals surface area contributed by atoms with Crippen LogP contribution in [0.4, 0.5) is 0 Å². The van der Waals surface area contributed by atoms with E-state index in [-0.39, 0.29) is 12.7 Å². The van der Waals surface area contributed by atoms with Crippen LogP contribution >= 0.6 is 0 Å². The Labute approximate surface area is 145 Å². The summed E-state index contributed by atoms with van der Waals surface area (Å²) < 4.78 is 11.9. The molecule has 1 unspecified atom stereocenters. The minimum atomic E-state index is -1.18. The lowest BCUT2D eigenvalue weighted by molar-refractivity contribution is -0.287. The minimum absolute atomic E-state index is 0.164. The van der Waals surface area contributed by atoms with Crippen LogP contribution in [0.1, 0.15) is 64.7 Å². The van der Waals surface area contributed by atoms with E-state index < -0.39 is 24.0 Å². The molecule has 142 valence electrons. The molecule has 0 aromatic carbocycles. The molecule has 1 saturated heterocycles. The highest BCUT2D eigenvalue weighted by Gasteiger charge is 2.44. The molecule has 24 heavy (non-hydrogen) atoms. The maximum absolute atomic E-state index is 10.7. The number of aliphatic hydroxyl groups excluding tert-OH is 2. The van der Waals surface area contributed by atoms with Crippen LogP contribution in [0.2, 0.25) is 0 Å². The summed E-state index contributed by atoms with van der Waals surface area (Å²) in [4.78, 5) is 0. The summed E-state index contributed by atoms with van der Waals surface area (Å²) in [6.07, 6.45) is 6.84. The smallest absolute Gasteiger partial charge is 0.166 e. The summed E-state index contributed by atoms with van der Waals surface area (Å²) in [6, 6.07) is -0.442. The second-order valence-electron chi connectivity index (χ2n) is 7.25. The number of nitrogens with one attached hydrogen (secondary N) is 1. The molecular formula is C18H35NO5. The Bertz CT molecular complexity index is 348. The van der Waals surface area contributed by atoms with Crippen molar-refractivity contribution in [2.75, 3.05) is 19.8 Å². The zero-order valence-electron chi connectivity index (χ0n) is 15.0. The molecule has 6 nitrogen and oxygen atoms in total. The summed E-state index contributed by atoms with van der Waals surface area (Å²) >= 11 is 0. The third kappa shape index (κ3) is 5.64. The Kier molecular flexibility index (Phi) is 8.40. The van der Waals surface area contributed by atoms with Crippen LogP contribution in [-0.2, 0) is 9.47 Å². The van der Waals surface area contributed by atoms with Gasteiger partial charge < -0.3 is 30.1 Å². The van der Waals surface area contributed by atoms with Gasteiger partial charge in [-0.15, -0.1) is 0 Å². The van der Waals surface area contributed by atoms with Crippen molar-refractivity contribution in [2.45, 2.75) is 94.9 Å². The molecule has 0 amide bonds. The van der Waals surface area contributed by atoms with Crippen molar-refractivity contribution in [3.8, 4) is 0 Å². The van der Waals surface area contributed by atoms with Gasteiger partial charge in [-0.2, -0.15) is 0 Å². The molecular weight excluding hydrogens is 310 g/mol. The molecule has 0 spiro atoms. The van der Waals surface area contributed by atoms with E-state index in [1.54, 1.807) is 0 Å². The summed E-state index contributed by atoms with van der Waals surface area (Å²) in [6.45, 7) is 3.15. The largest absolute Gasteiger partial charge is 0.395 e. The molecule has 4 N–H and O–H groups in total. The van der Waals surface area contributed by atoms with E-state index in [1.165, 1.54) is 12.8 Å². The predicted molar refractivity (Wildman–Crippen MR) is 91.7 cm³/mol. The summed E-state index contributed by atoms with van der Waals surface area (Å²) in [7, 11) is 0. The van der Waals surface area contributed by atoms with Gasteiger partial charge >= 0.3 is 0 Å². The molecule has 1 aliphatic heterocycles. The normalized spacial score (nSPS) is 33.5. The molecule has 2 rings (SSSR count). The van der Waals surface area contributed by atoms with Crippen LogP contribution in [0.5, 0.6) is 0 Å². The summed E-state index contributed by atoms with van der Waals surface area (Å²) in [5, 5.41) is 33.8. The fourth-order valence-electron chi connectivity index (χ4n) is 3.66. The molecule has 0 bridgehead atoms. The maximum atomic E-state index is 10.7. The molecule has 2 fully saturated rings. The SMILES string of the molecule is CCCCCCO[C@H]1CNC(CO)[C@@H](O)[C@@H]1OC1(O)CCCCC1. The van der Waals surface area contributed by atoms with E-state index in [1.807, 2.05) is 0 Å². The third-order valence-electron chi connectivity index (χ3n) is 5.21. The van der Waals surface area contributed by atoms with Gasteiger partial charge in [0.25, 0.3) is 0 Å². The van der Waals surface area contributed by atoms with Crippen LogP contribution in [0.25, 0.3) is 0 Å². The quantitative estimate of drug-likeness (QED) is 0.372. The van der Waals surface area contributed by atoms with Gasteiger partial charge in [-0.25, -0.2) is 0 Å². The van der Waals surface area contributed by atoms with Crippen molar-refractivity contribution < 1.29 is 24.8 Å². The Hall–Kier alpha value is -0.240. The fourth-order valence-corrected chi connectivity index (χ4v) is 3.66. The van der Waals surface area contributed by atoms with Gasteiger partial charge in [0.15, 0.2) is 5.79 Å². The molecule has 0 aromatic rings. The topological polar surface area (TPSA) is 91.2 Å². The van der Waals surface area contributed by atoms with Gasteiger partial charge in [0.05, 0.1) is 18.8 Å². The number of unbranched alkanes of at least 4 members (excludes halogenated alkanes) is 3. The van der Waals surface area contributed by atoms with Crippen molar-refractivity contribution in [3.05, 3.63) is 0 Å². The lowest BCUT2D eigenvalue weighted by Crippen LogP contribution is -2.64. The van der Waals surface area contributed by atoms with Crippen molar-refractivity contribution in [1.29, 1.82) is 0 Å². The highest BCUT2D eigenvalue weighted by molar-refractivity contribution is 4.95. The average Bonchev–Trinajstić information content (AvgIpc) is 2.58. The van der Waals surface area contributed by atoms with Gasteiger partial charge in [-0.3, -0.25) is 0 Å². The molecule has 0 radical (unpaired) electrons. The summed E-state index contributed by atoms with van der Waals surface area (Å²) in [5.74, 6) is -1.18.